The predicted molar refractivity (Wildman–Crippen MR) is 133 cm³/mol. The second-order valence-corrected chi connectivity index (χ2v) is 9.64. The first-order valence-corrected chi connectivity index (χ1v) is 12.3. The lowest BCUT2D eigenvalue weighted by atomic mass is 10.3. The van der Waals surface area contributed by atoms with Gasteiger partial charge in [0.1, 0.15) is 11.3 Å². The summed E-state index contributed by atoms with van der Waals surface area (Å²) in [6.07, 6.45) is 0.844. The van der Waals surface area contributed by atoms with E-state index in [1.807, 2.05) is 18.2 Å². The van der Waals surface area contributed by atoms with E-state index in [1.165, 1.54) is 35.2 Å². The summed E-state index contributed by atoms with van der Waals surface area (Å²) in [5, 5.41) is 1.25. The summed E-state index contributed by atoms with van der Waals surface area (Å²) >= 11 is 9.17. The molecule has 1 aliphatic rings. The lowest BCUT2D eigenvalue weighted by Crippen LogP contribution is -2.39. The van der Waals surface area contributed by atoms with Crippen LogP contribution in [0.5, 0.6) is 0 Å². The smallest absolute Gasteiger partial charge is 0.239 e. The summed E-state index contributed by atoms with van der Waals surface area (Å²) in [6, 6.07) is 11.8. The van der Waals surface area contributed by atoms with Crippen molar-refractivity contribution in [2.24, 2.45) is 0 Å². The van der Waals surface area contributed by atoms with Gasteiger partial charge in [-0.1, -0.05) is 29.0 Å². The highest BCUT2D eigenvalue weighted by Crippen LogP contribution is 2.33. The minimum absolute atomic E-state index is 0. The molecule has 3 aromatic rings. The number of carbonyl (C=O) groups is 1. The van der Waals surface area contributed by atoms with Crippen LogP contribution in [0.3, 0.4) is 0 Å². The third kappa shape index (κ3) is 6.56. The SMILES string of the molecule is Cl.O=C(CSc1ccc(F)cc1)N(CCCN1CCOCC1)c1nc2c(Cl)cccc2s1. The number of rotatable bonds is 8. The molecule has 0 unspecified atom stereocenters. The Kier molecular flexibility index (Phi) is 9.58. The first kappa shape index (κ1) is 25.2. The highest BCUT2D eigenvalue weighted by molar-refractivity contribution is 8.00. The fourth-order valence-electron chi connectivity index (χ4n) is 3.38. The van der Waals surface area contributed by atoms with Gasteiger partial charge >= 0.3 is 0 Å². The molecule has 4 rings (SSSR count). The van der Waals surface area contributed by atoms with Crippen molar-refractivity contribution >= 4 is 68.4 Å². The molecular weight excluding hydrogens is 492 g/mol. The average Bonchev–Trinajstić information content (AvgIpc) is 3.22. The maximum Gasteiger partial charge on any atom is 0.239 e. The van der Waals surface area contributed by atoms with Crippen molar-refractivity contribution in [1.29, 1.82) is 0 Å². The zero-order valence-corrected chi connectivity index (χ0v) is 20.5. The quantitative estimate of drug-likeness (QED) is 0.378. The van der Waals surface area contributed by atoms with Crippen molar-refractivity contribution in [2.75, 3.05) is 50.0 Å². The van der Waals surface area contributed by atoms with Gasteiger partial charge in [-0.05, 0) is 42.8 Å². The van der Waals surface area contributed by atoms with E-state index in [0.717, 1.165) is 54.4 Å². The van der Waals surface area contributed by atoms with Crippen LogP contribution in [0, 0.1) is 5.82 Å². The molecular formula is C22H24Cl2FN3O2S2. The molecule has 2 aromatic carbocycles. The molecule has 0 bridgehead atoms. The van der Waals surface area contributed by atoms with Gasteiger partial charge in [0.2, 0.25) is 5.91 Å². The van der Waals surface area contributed by atoms with Gasteiger partial charge in [0.25, 0.3) is 0 Å². The van der Waals surface area contributed by atoms with Gasteiger partial charge < -0.3 is 4.74 Å². The Labute approximate surface area is 206 Å². The van der Waals surface area contributed by atoms with E-state index in [9.17, 15) is 9.18 Å². The van der Waals surface area contributed by atoms with Gasteiger partial charge in [-0.3, -0.25) is 14.6 Å². The zero-order chi connectivity index (χ0) is 21.6. The highest BCUT2D eigenvalue weighted by Gasteiger charge is 2.21. The van der Waals surface area contributed by atoms with Crippen LogP contribution in [0.15, 0.2) is 47.4 Å². The predicted octanol–water partition coefficient (Wildman–Crippen LogP) is 5.36. The molecule has 1 saturated heterocycles. The van der Waals surface area contributed by atoms with Crippen molar-refractivity contribution in [1.82, 2.24) is 9.88 Å². The molecule has 2 heterocycles. The number of nitrogens with zero attached hydrogens (tertiary/aromatic N) is 3. The van der Waals surface area contributed by atoms with Gasteiger partial charge in [0.05, 0.1) is 28.7 Å². The van der Waals surface area contributed by atoms with Crippen molar-refractivity contribution in [3.05, 3.63) is 53.3 Å². The first-order chi connectivity index (χ1) is 15.1. The lowest BCUT2D eigenvalue weighted by Gasteiger charge is -2.27. The van der Waals surface area contributed by atoms with Crippen LogP contribution in [-0.2, 0) is 9.53 Å². The van der Waals surface area contributed by atoms with E-state index >= 15 is 0 Å². The number of aromatic nitrogens is 1. The summed E-state index contributed by atoms with van der Waals surface area (Å²) in [5.74, 6) is -0.0504. The van der Waals surface area contributed by atoms with Crippen LogP contribution >= 0.6 is 47.1 Å². The van der Waals surface area contributed by atoms with Gasteiger partial charge in [0.15, 0.2) is 5.13 Å². The summed E-state index contributed by atoms with van der Waals surface area (Å²) in [4.78, 5) is 22.8. The number of morpholine rings is 1. The summed E-state index contributed by atoms with van der Waals surface area (Å²) in [5.41, 5.74) is 0.723. The molecule has 5 nitrogen and oxygen atoms in total. The van der Waals surface area contributed by atoms with E-state index in [0.29, 0.717) is 16.7 Å². The van der Waals surface area contributed by atoms with Crippen LogP contribution < -0.4 is 4.90 Å². The Bertz CT molecular complexity index is 1030. The molecule has 10 heteroatoms. The molecule has 1 aromatic heterocycles. The van der Waals surface area contributed by atoms with Gasteiger partial charge in [0, 0.05) is 31.1 Å². The number of fused-ring (bicyclic) bond motifs is 1. The average molecular weight is 516 g/mol. The van der Waals surface area contributed by atoms with Crippen LogP contribution in [0.25, 0.3) is 10.2 Å². The minimum atomic E-state index is -0.285. The topological polar surface area (TPSA) is 45.7 Å². The largest absolute Gasteiger partial charge is 0.379 e. The molecule has 1 fully saturated rings. The third-order valence-electron chi connectivity index (χ3n) is 5.03. The van der Waals surface area contributed by atoms with Gasteiger partial charge in [-0.2, -0.15) is 0 Å². The molecule has 0 radical (unpaired) electrons. The number of amides is 1. The first-order valence-electron chi connectivity index (χ1n) is 10.1. The second kappa shape index (κ2) is 12.2. The number of thiazole rings is 1. The van der Waals surface area contributed by atoms with E-state index in [4.69, 9.17) is 16.3 Å². The number of anilines is 1. The molecule has 1 amide bonds. The number of hydrogen-bond donors (Lipinski definition) is 0. The van der Waals surface area contributed by atoms with E-state index in [-0.39, 0.29) is 29.9 Å². The van der Waals surface area contributed by atoms with Crippen molar-refractivity contribution in [3.8, 4) is 0 Å². The number of thioether (sulfide) groups is 1. The minimum Gasteiger partial charge on any atom is -0.379 e. The molecule has 0 saturated carbocycles. The number of halogens is 3. The zero-order valence-electron chi connectivity index (χ0n) is 17.3. The molecule has 1 aliphatic heterocycles. The number of para-hydroxylation sites is 1. The number of hydrogen-bond acceptors (Lipinski definition) is 6. The number of ether oxygens (including phenoxy) is 1. The number of benzene rings is 2. The van der Waals surface area contributed by atoms with Crippen molar-refractivity contribution in [2.45, 2.75) is 11.3 Å². The van der Waals surface area contributed by atoms with Gasteiger partial charge in [-0.25, -0.2) is 9.37 Å². The Morgan fingerprint density at radius 1 is 1.22 bits per heavy atom. The van der Waals surface area contributed by atoms with Crippen LogP contribution in [-0.4, -0.2) is 60.9 Å². The molecule has 32 heavy (non-hydrogen) atoms. The van der Waals surface area contributed by atoms with Crippen molar-refractivity contribution < 1.29 is 13.9 Å². The normalized spacial score (nSPS) is 14.3. The van der Waals surface area contributed by atoms with E-state index in [1.54, 1.807) is 17.0 Å². The maximum absolute atomic E-state index is 13.2. The molecule has 0 atom stereocenters. The maximum atomic E-state index is 13.2. The summed E-state index contributed by atoms with van der Waals surface area (Å²) < 4.78 is 19.5. The van der Waals surface area contributed by atoms with E-state index in [2.05, 4.69) is 9.88 Å². The Balaban J connectivity index is 0.00000289. The Hall–Kier alpha value is -1.42. The van der Waals surface area contributed by atoms with Crippen molar-refractivity contribution in [3.63, 3.8) is 0 Å². The Morgan fingerprint density at radius 2 is 1.97 bits per heavy atom. The fourth-order valence-corrected chi connectivity index (χ4v) is 5.46. The van der Waals surface area contributed by atoms with E-state index < -0.39 is 0 Å². The third-order valence-corrected chi connectivity index (χ3v) is 7.37. The van der Waals surface area contributed by atoms with Crippen LogP contribution in [0.2, 0.25) is 5.02 Å². The molecule has 0 aliphatic carbocycles. The second-order valence-electron chi connectivity index (χ2n) is 7.18. The standard InChI is InChI=1S/C22H23ClFN3O2S2.ClH/c23-18-3-1-4-19-21(18)25-22(31-19)27(10-2-9-26-11-13-29-14-12-26)20(28)15-30-17-7-5-16(24)6-8-17;/h1,3-8H,2,9-15H2;1H. The molecule has 0 N–H and O–H groups in total. The van der Waals surface area contributed by atoms with Crippen LogP contribution in [0.1, 0.15) is 6.42 Å². The monoisotopic (exact) mass is 515 g/mol. The fraction of sp³-hybridized carbons (Fsp3) is 0.364. The molecule has 172 valence electrons. The van der Waals surface area contributed by atoms with Gasteiger partial charge in [-0.15, -0.1) is 24.2 Å². The Morgan fingerprint density at radius 3 is 2.69 bits per heavy atom. The lowest BCUT2D eigenvalue weighted by molar-refractivity contribution is -0.116. The number of carbonyl (C=O) groups excluding carboxylic acids is 1. The van der Waals surface area contributed by atoms with Crippen LogP contribution in [0.4, 0.5) is 9.52 Å². The molecule has 0 spiro atoms. The summed E-state index contributed by atoms with van der Waals surface area (Å²) in [6.45, 7) is 4.85. The highest BCUT2D eigenvalue weighted by atomic mass is 35.5. The summed E-state index contributed by atoms with van der Waals surface area (Å²) in [7, 11) is 0.